The second-order valence-corrected chi connectivity index (χ2v) is 10.0. The van der Waals surface area contributed by atoms with Gasteiger partial charge in [-0.15, -0.1) is 11.6 Å². The topological polar surface area (TPSA) is 67.8 Å². The zero-order chi connectivity index (χ0) is 21.5. The lowest BCUT2D eigenvalue weighted by Gasteiger charge is -2.35. The summed E-state index contributed by atoms with van der Waals surface area (Å²) < 4.78 is 12.2. The smallest absolute Gasteiger partial charge is 0.399 e. The second kappa shape index (κ2) is 8.28. The summed E-state index contributed by atoms with van der Waals surface area (Å²) in [6.45, 7) is 10.6. The van der Waals surface area contributed by atoms with Gasteiger partial charge in [-0.05, 0) is 59.3 Å². The number of piperidine rings is 1. The third-order valence-electron chi connectivity index (χ3n) is 6.87. The maximum absolute atomic E-state index is 12.0. The molecule has 1 saturated carbocycles. The highest BCUT2D eigenvalue weighted by atomic mass is 35.5. The summed E-state index contributed by atoms with van der Waals surface area (Å²) in [5, 5.41) is 0. The quantitative estimate of drug-likeness (QED) is 0.505. The van der Waals surface area contributed by atoms with E-state index in [1.54, 1.807) is 0 Å². The van der Waals surface area contributed by atoms with Crippen LogP contribution in [0, 0.1) is 5.92 Å². The predicted molar refractivity (Wildman–Crippen MR) is 118 cm³/mol. The largest absolute Gasteiger partial charge is 0.498 e. The van der Waals surface area contributed by atoms with Crippen LogP contribution in [0.5, 0.6) is 0 Å². The molecule has 3 fully saturated rings. The van der Waals surface area contributed by atoms with Crippen LogP contribution in [0.15, 0.2) is 12.4 Å². The summed E-state index contributed by atoms with van der Waals surface area (Å²) in [6.07, 6.45) is 8.11. The van der Waals surface area contributed by atoms with Crippen LogP contribution in [0.2, 0.25) is 0 Å². The molecule has 3 aliphatic rings. The van der Waals surface area contributed by atoms with E-state index in [2.05, 4.69) is 14.9 Å². The van der Waals surface area contributed by atoms with Crippen LogP contribution in [-0.2, 0) is 14.1 Å². The van der Waals surface area contributed by atoms with Gasteiger partial charge < -0.3 is 19.1 Å². The van der Waals surface area contributed by atoms with Crippen molar-refractivity contribution >= 4 is 36.0 Å². The third-order valence-corrected chi connectivity index (χ3v) is 7.10. The van der Waals surface area contributed by atoms with Crippen LogP contribution in [0.3, 0.4) is 0 Å². The molecule has 9 heteroatoms. The molecule has 1 aromatic heterocycles. The van der Waals surface area contributed by atoms with Crippen molar-refractivity contribution in [3.8, 4) is 0 Å². The van der Waals surface area contributed by atoms with Crippen molar-refractivity contribution in [2.75, 3.05) is 30.4 Å². The number of carbonyl (C=O) groups is 1. The Kier molecular flexibility index (Phi) is 6.03. The molecule has 0 aromatic carbocycles. The van der Waals surface area contributed by atoms with Gasteiger partial charge in [0, 0.05) is 43.5 Å². The highest BCUT2D eigenvalue weighted by Gasteiger charge is 2.52. The number of hydrogen-bond donors (Lipinski definition) is 0. The average Bonchev–Trinajstić information content (AvgIpc) is 3.53. The number of carbonyl (C=O) groups excluding carboxylic acids is 1. The summed E-state index contributed by atoms with van der Waals surface area (Å²) in [5.41, 5.74) is 0.0673. The Balaban J connectivity index is 1.43. The van der Waals surface area contributed by atoms with Gasteiger partial charge in [0.2, 0.25) is 11.9 Å². The highest BCUT2D eigenvalue weighted by molar-refractivity contribution is 6.61. The van der Waals surface area contributed by atoms with Gasteiger partial charge in [-0.3, -0.25) is 4.79 Å². The number of aromatic nitrogens is 2. The number of rotatable bonds is 6. The standard InChI is InChI=1S/C21H32BClN4O3/c1-20(2)21(3,4)30-22(29-20)16-11-24-19(25-12-16)27(17-7-8-17)14-15-6-5-9-26(13-15)18(28)10-23/h11-12,15,17H,5-10,13-14H2,1-4H3. The van der Waals surface area contributed by atoms with Gasteiger partial charge in [0.1, 0.15) is 5.88 Å². The fourth-order valence-corrected chi connectivity index (χ4v) is 4.33. The van der Waals surface area contributed by atoms with Crippen molar-refractivity contribution in [3.63, 3.8) is 0 Å². The van der Waals surface area contributed by atoms with E-state index in [1.807, 2.05) is 45.0 Å². The van der Waals surface area contributed by atoms with Crippen LogP contribution in [0.4, 0.5) is 5.95 Å². The Labute approximate surface area is 184 Å². The van der Waals surface area contributed by atoms with Crippen molar-refractivity contribution in [1.29, 1.82) is 0 Å². The van der Waals surface area contributed by atoms with Crippen molar-refractivity contribution in [2.45, 2.75) is 70.6 Å². The van der Waals surface area contributed by atoms with Gasteiger partial charge >= 0.3 is 7.12 Å². The number of anilines is 1. The molecule has 0 radical (unpaired) electrons. The van der Waals surface area contributed by atoms with E-state index in [4.69, 9.17) is 20.9 Å². The molecule has 1 atom stereocenters. The first-order chi connectivity index (χ1) is 14.2. The van der Waals surface area contributed by atoms with Crippen LogP contribution >= 0.6 is 11.6 Å². The number of amides is 1. The highest BCUT2D eigenvalue weighted by Crippen LogP contribution is 2.36. The lowest BCUT2D eigenvalue weighted by molar-refractivity contribution is -0.130. The first-order valence-electron chi connectivity index (χ1n) is 11.0. The fourth-order valence-electron chi connectivity index (χ4n) is 4.16. The van der Waals surface area contributed by atoms with Gasteiger partial charge in [-0.2, -0.15) is 0 Å². The number of hydrogen-bond acceptors (Lipinski definition) is 6. The van der Waals surface area contributed by atoms with Gasteiger partial charge in [0.25, 0.3) is 0 Å². The molecule has 164 valence electrons. The molecule has 7 nitrogen and oxygen atoms in total. The van der Waals surface area contributed by atoms with Crippen LogP contribution in [-0.4, -0.2) is 70.7 Å². The van der Waals surface area contributed by atoms with E-state index in [0.717, 1.165) is 43.9 Å². The molecule has 30 heavy (non-hydrogen) atoms. The minimum Gasteiger partial charge on any atom is -0.399 e. The molecule has 3 heterocycles. The zero-order valence-corrected chi connectivity index (χ0v) is 19.2. The van der Waals surface area contributed by atoms with Crippen LogP contribution in [0.25, 0.3) is 0 Å². The molecule has 0 spiro atoms. The monoisotopic (exact) mass is 434 g/mol. The van der Waals surface area contributed by atoms with Crippen molar-refractivity contribution in [1.82, 2.24) is 14.9 Å². The lowest BCUT2D eigenvalue weighted by Crippen LogP contribution is -2.45. The van der Waals surface area contributed by atoms with E-state index in [0.29, 0.717) is 12.0 Å². The summed E-state index contributed by atoms with van der Waals surface area (Å²) >= 11 is 5.76. The molecule has 2 aliphatic heterocycles. The van der Waals surface area contributed by atoms with Crippen molar-refractivity contribution in [3.05, 3.63) is 12.4 Å². The van der Waals surface area contributed by atoms with E-state index >= 15 is 0 Å². The molecule has 2 saturated heterocycles. The van der Waals surface area contributed by atoms with E-state index < -0.39 is 7.12 Å². The summed E-state index contributed by atoms with van der Waals surface area (Å²) in [7, 11) is -0.452. The Bertz CT molecular complexity index is 756. The predicted octanol–water partition coefficient (Wildman–Crippen LogP) is 2.22. The van der Waals surface area contributed by atoms with Gasteiger partial charge in [0.15, 0.2) is 0 Å². The van der Waals surface area contributed by atoms with Gasteiger partial charge in [-0.1, -0.05) is 0 Å². The SMILES string of the molecule is CC1(C)OB(c2cnc(N(CC3CCCN(C(=O)CCl)C3)C3CC3)nc2)OC1(C)C. The van der Waals surface area contributed by atoms with E-state index in [9.17, 15) is 4.79 Å². The molecule has 1 aromatic rings. The molecule has 4 rings (SSSR count). The average molecular weight is 435 g/mol. The molecular weight excluding hydrogens is 403 g/mol. The molecule has 0 N–H and O–H groups in total. The van der Waals surface area contributed by atoms with Crippen LogP contribution in [0.1, 0.15) is 53.4 Å². The second-order valence-electron chi connectivity index (χ2n) is 9.77. The molecule has 1 aliphatic carbocycles. The van der Waals surface area contributed by atoms with E-state index in [-0.39, 0.29) is 23.0 Å². The third kappa shape index (κ3) is 4.46. The van der Waals surface area contributed by atoms with Gasteiger partial charge in [-0.25, -0.2) is 9.97 Å². The van der Waals surface area contributed by atoms with Crippen LogP contribution < -0.4 is 10.4 Å². The summed E-state index contributed by atoms with van der Waals surface area (Å²) in [6, 6.07) is 0.492. The summed E-state index contributed by atoms with van der Waals surface area (Å²) in [4.78, 5) is 25.6. The first-order valence-corrected chi connectivity index (χ1v) is 11.5. The Morgan fingerprint density at radius 2 is 1.83 bits per heavy atom. The Hall–Kier alpha value is -1.38. The zero-order valence-electron chi connectivity index (χ0n) is 18.4. The maximum atomic E-state index is 12.0. The van der Waals surface area contributed by atoms with Crippen molar-refractivity contribution < 1.29 is 14.1 Å². The Morgan fingerprint density at radius 3 is 2.40 bits per heavy atom. The minimum atomic E-state index is -0.452. The van der Waals surface area contributed by atoms with Crippen molar-refractivity contribution in [2.24, 2.45) is 5.92 Å². The number of nitrogens with zero attached hydrogens (tertiary/aromatic N) is 4. The number of alkyl halides is 1. The number of halogens is 1. The molecule has 1 amide bonds. The molecular formula is C21H32BClN4O3. The first kappa shape index (κ1) is 21.8. The summed E-state index contributed by atoms with van der Waals surface area (Å²) in [5.74, 6) is 1.25. The lowest BCUT2D eigenvalue weighted by atomic mass is 9.81. The molecule has 1 unspecified atom stereocenters. The Morgan fingerprint density at radius 1 is 1.20 bits per heavy atom. The van der Waals surface area contributed by atoms with Gasteiger partial charge in [0.05, 0.1) is 11.2 Å². The van der Waals surface area contributed by atoms with E-state index in [1.165, 1.54) is 12.8 Å². The minimum absolute atomic E-state index is 0.0300. The number of likely N-dealkylation sites (tertiary alicyclic amines) is 1. The normalized spacial score (nSPS) is 25.4. The maximum Gasteiger partial charge on any atom is 0.498 e. The fraction of sp³-hybridized carbons (Fsp3) is 0.762. The molecule has 0 bridgehead atoms.